The predicted octanol–water partition coefficient (Wildman–Crippen LogP) is 3.85. The van der Waals surface area contributed by atoms with Crippen LogP contribution in [0.4, 0.5) is 23.2 Å². The molecule has 0 heterocycles. The standard InChI is InChI=1S/C13H15F4NO/c1-2-3-7-19-8-6-18-12-5-4-10(9-11(12)14)13(15,16)17/h2,4-5,9,18H,1,3,6-8H2. The molecule has 0 aliphatic carbocycles. The van der Waals surface area contributed by atoms with Crippen LogP contribution in [0.15, 0.2) is 30.9 Å². The van der Waals surface area contributed by atoms with Crippen molar-refractivity contribution < 1.29 is 22.3 Å². The first-order valence-corrected chi connectivity index (χ1v) is 5.74. The van der Waals surface area contributed by atoms with Gasteiger partial charge in [-0.05, 0) is 24.6 Å². The van der Waals surface area contributed by atoms with Gasteiger partial charge in [0.25, 0.3) is 0 Å². The summed E-state index contributed by atoms with van der Waals surface area (Å²) in [5.74, 6) is -0.930. The van der Waals surface area contributed by atoms with E-state index in [1.807, 2.05) is 0 Å². The maximum atomic E-state index is 13.4. The molecule has 1 aromatic rings. The van der Waals surface area contributed by atoms with Crippen molar-refractivity contribution in [3.63, 3.8) is 0 Å². The summed E-state index contributed by atoms with van der Waals surface area (Å²) in [6.07, 6.45) is -2.11. The third-order valence-electron chi connectivity index (χ3n) is 2.32. The van der Waals surface area contributed by atoms with E-state index < -0.39 is 17.6 Å². The Kier molecular flexibility index (Phi) is 5.82. The molecule has 0 bridgehead atoms. The van der Waals surface area contributed by atoms with E-state index in [4.69, 9.17) is 4.74 Å². The van der Waals surface area contributed by atoms with E-state index in [0.29, 0.717) is 32.2 Å². The summed E-state index contributed by atoms with van der Waals surface area (Å²) in [6, 6.07) is 2.38. The quantitative estimate of drug-likeness (QED) is 0.464. The lowest BCUT2D eigenvalue weighted by Crippen LogP contribution is -2.12. The van der Waals surface area contributed by atoms with Crippen LogP contribution < -0.4 is 5.32 Å². The Hall–Kier alpha value is -1.56. The molecule has 0 saturated heterocycles. The summed E-state index contributed by atoms with van der Waals surface area (Å²) in [7, 11) is 0. The van der Waals surface area contributed by atoms with E-state index in [0.717, 1.165) is 12.1 Å². The highest BCUT2D eigenvalue weighted by atomic mass is 19.4. The molecule has 106 valence electrons. The number of hydrogen-bond acceptors (Lipinski definition) is 2. The number of rotatable bonds is 7. The lowest BCUT2D eigenvalue weighted by atomic mass is 10.2. The summed E-state index contributed by atoms with van der Waals surface area (Å²) in [5.41, 5.74) is -0.974. The van der Waals surface area contributed by atoms with Gasteiger partial charge in [-0.25, -0.2) is 4.39 Å². The van der Waals surface area contributed by atoms with E-state index >= 15 is 0 Å². The molecule has 1 aromatic carbocycles. The maximum absolute atomic E-state index is 13.4. The SMILES string of the molecule is C=CCCOCCNc1ccc(C(F)(F)F)cc1F. The molecule has 0 aliphatic rings. The fraction of sp³-hybridized carbons (Fsp3) is 0.385. The van der Waals surface area contributed by atoms with Gasteiger partial charge in [0.2, 0.25) is 0 Å². The van der Waals surface area contributed by atoms with Gasteiger partial charge in [-0.2, -0.15) is 13.2 Å². The molecular weight excluding hydrogens is 262 g/mol. The fourth-order valence-electron chi connectivity index (χ4n) is 1.36. The first-order chi connectivity index (χ1) is 8.95. The van der Waals surface area contributed by atoms with Crippen LogP contribution in [0.5, 0.6) is 0 Å². The molecule has 2 nitrogen and oxygen atoms in total. The van der Waals surface area contributed by atoms with Gasteiger partial charge in [-0.15, -0.1) is 6.58 Å². The first-order valence-electron chi connectivity index (χ1n) is 5.74. The number of ether oxygens (including phenoxy) is 1. The highest BCUT2D eigenvalue weighted by molar-refractivity contribution is 5.46. The molecule has 0 amide bonds. The summed E-state index contributed by atoms with van der Waals surface area (Å²) in [5, 5.41) is 2.68. The maximum Gasteiger partial charge on any atom is 0.416 e. The van der Waals surface area contributed by atoms with E-state index in [2.05, 4.69) is 11.9 Å². The smallest absolute Gasteiger partial charge is 0.380 e. The minimum absolute atomic E-state index is 0.0281. The largest absolute Gasteiger partial charge is 0.416 e. The zero-order valence-corrected chi connectivity index (χ0v) is 10.3. The molecule has 6 heteroatoms. The van der Waals surface area contributed by atoms with E-state index in [1.165, 1.54) is 0 Å². The normalized spacial score (nSPS) is 11.4. The van der Waals surface area contributed by atoms with E-state index in [-0.39, 0.29) is 5.69 Å². The lowest BCUT2D eigenvalue weighted by Gasteiger charge is -2.11. The third-order valence-corrected chi connectivity index (χ3v) is 2.32. The number of alkyl halides is 3. The van der Waals surface area contributed by atoms with E-state index in [9.17, 15) is 17.6 Å². The minimum Gasteiger partial charge on any atom is -0.380 e. The van der Waals surface area contributed by atoms with Crippen LogP contribution in [0.25, 0.3) is 0 Å². The Labute approximate surface area is 109 Å². The minimum atomic E-state index is -4.53. The first kappa shape index (κ1) is 15.5. The molecule has 1 rings (SSSR count). The van der Waals surface area contributed by atoms with Crippen molar-refractivity contribution in [1.29, 1.82) is 0 Å². The van der Waals surface area contributed by atoms with Gasteiger partial charge in [-0.3, -0.25) is 0 Å². The van der Waals surface area contributed by atoms with Crippen molar-refractivity contribution in [2.45, 2.75) is 12.6 Å². The van der Waals surface area contributed by atoms with Gasteiger partial charge in [0.15, 0.2) is 0 Å². The molecule has 1 N–H and O–H groups in total. The van der Waals surface area contributed by atoms with Crippen LogP contribution in [0, 0.1) is 5.82 Å². The molecule has 0 fully saturated rings. The molecule has 0 radical (unpaired) electrons. The Balaban J connectivity index is 2.45. The van der Waals surface area contributed by atoms with Crippen LogP contribution in [-0.2, 0) is 10.9 Å². The summed E-state index contributed by atoms with van der Waals surface area (Å²) < 4.78 is 55.5. The zero-order valence-electron chi connectivity index (χ0n) is 10.3. The third kappa shape index (κ3) is 5.30. The Morgan fingerprint density at radius 1 is 1.26 bits per heavy atom. The average molecular weight is 277 g/mol. The van der Waals surface area contributed by atoms with Gasteiger partial charge in [0.1, 0.15) is 5.82 Å². The average Bonchev–Trinajstić information content (AvgIpc) is 2.34. The molecule has 0 aliphatic heterocycles. The van der Waals surface area contributed by atoms with Gasteiger partial charge < -0.3 is 10.1 Å². The number of hydrogen-bond donors (Lipinski definition) is 1. The lowest BCUT2D eigenvalue weighted by molar-refractivity contribution is -0.137. The van der Waals surface area contributed by atoms with Gasteiger partial charge in [0, 0.05) is 6.54 Å². The summed E-state index contributed by atoms with van der Waals surface area (Å²) in [6.45, 7) is 4.70. The fourth-order valence-corrected chi connectivity index (χ4v) is 1.36. The zero-order chi connectivity index (χ0) is 14.3. The second-order valence-electron chi connectivity index (χ2n) is 3.81. The van der Waals surface area contributed by atoms with E-state index in [1.54, 1.807) is 6.08 Å². The predicted molar refractivity (Wildman–Crippen MR) is 65.5 cm³/mol. The van der Waals surface area contributed by atoms with Crippen LogP contribution in [-0.4, -0.2) is 19.8 Å². The Morgan fingerprint density at radius 3 is 2.58 bits per heavy atom. The van der Waals surface area contributed by atoms with Crippen LogP contribution in [0.3, 0.4) is 0 Å². The molecule has 0 atom stereocenters. The highest BCUT2D eigenvalue weighted by Gasteiger charge is 2.31. The highest BCUT2D eigenvalue weighted by Crippen LogP contribution is 2.31. The summed E-state index contributed by atoms with van der Waals surface area (Å²) >= 11 is 0. The Morgan fingerprint density at radius 2 is 2.00 bits per heavy atom. The van der Waals surface area contributed by atoms with Crippen molar-refractivity contribution in [2.75, 3.05) is 25.1 Å². The molecule has 0 unspecified atom stereocenters. The van der Waals surface area contributed by atoms with Crippen molar-refractivity contribution in [3.8, 4) is 0 Å². The monoisotopic (exact) mass is 277 g/mol. The molecule has 0 spiro atoms. The van der Waals surface area contributed by atoms with Crippen molar-refractivity contribution in [1.82, 2.24) is 0 Å². The molecule has 0 saturated carbocycles. The van der Waals surface area contributed by atoms with Crippen molar-refractivity contribution in [2.24, 2.45) is 0 Å². The number of nitrogens with one attached hydrogen (secondary N) is 1. The van der Waals surface area contributed by atoms with Gasteiger partial charge >= 0.3 is 6.18 Å². The van der Waals surface area contributed by atoms with Crippen molar-refractivity contribution >= 4 is 5.69 Å². The summed E-state index contributed by atoms with van der Waals surface area (Å²) in [4.78, 5) is 0. The van der Waals surface area contributed by atoms with Gasteiger partial charge in [0.05, 0.1) is 24.5 Å². The second-order valence-corrected chi connectivity index (χ2v) is 3.81. The number of anilines is 1. The molecule has 19 heavy (non-hydrogen) atoms. The number of benzene rings is 1. The Bertz CT molecular complexity index is 418. The molecule has 0 aromatic heterocycles. The topological polar surface area (TPSA) is 21.3 Å². The van der Waals surface area contributed by atoms with Crippen LogP contribution >= 0.6 is 0 Å². The van der Waals surface area contributed by atoms with Crippen molar-refractivity contribution in [3.05, 3.63) is 42.2 Å². The second kappa shape index (κ2) is 7.13. The van der Waals surface area contributed by atoms with Crippen LogP contribution in [0.2, 0.25) is 0 Å². The van der Waals surface area contributed by atoms with Gasteiger partial charge in [-0.1, -0.05) is 6.08 Å². The van der Waals surface area contributed by atoms with Crippen LogP contribution in [0.1, 0.15) is 12.0 Å². The molecular formula is C13H15F4NO. The number of halogens is 4.